The van der Waals surface area contributed by atoms with Crippen molar-refractivity contribution < 1.29 is 24.2 Å². The number of carbonyl (C=O) groups excluding carboxylic acids is 1. The average molecular weight is 323 g/mol. The highest BCUT2D eigenvalue weighted by Gasteiger charge is 2.34. The number of hydrogen-bond donors (Lipinski definition) is 1. The van der Waals surface area contributed by atoms with Gasteiger partial charge in [-0.1, -0.05) is 6.07 Å². The van der Waals surface area contributed by atoms with Crippen LogP contribution in [0.1, 0.15) is 32.8 Å². The van der Waals surface area contributed by atoms with Crippen molar-refractivity contribution in [3.05, 3.63) is 23.8 Å². The summed E-state index contributed by atoms with van der Waals surface area (Å²) in [6, 6.07) is 5.36. The summed E-state index contributed by atoms with van der Waals surface area (Å²) in [5.74, 6) is 0.117. The van der Waals surface area contributed by atoms with Crippen molar-refractivity contribution in [2.75, 3.05) is 27.3 Å². The van der Waals surface area contributed by atoms with Crippen LogP contribution in [-0.2, 0) is 15.0 Å². The standard InChI is InChI=1S/C17H25NO5/c1-6-18(10-9-15(19)20)16(21)17(2,3)12-7-8-13(22-4)14(11-12)23-5/h7-8,11H,6,9-10H2,1-5H3,(H,19,20). The number of likely N-dealkylation sites (N-methyl/N-ethyl adjacent to an activating group) is 1. The number of methoxy groups -OCH3 is 2. The third kappa shape index (κ3) is 4.37. The third-order valence-corrected chi connectivity index (χ3v) is 3.90. The molecule has 0 bridgehead atoms. The number of rotatable bonds is 8. The number of carbonyl (C=O) groups is 2. The van der Waals surface area contributed by atoms with Crippen LogP contribution in [0.3, 0.4) is 0 Å². The van der Waals surface area contributed by atoms with Gasteiger partial charge in [-0.25, -0.2) is 0 Å². The molecule has 1 N–H and O–H groups in total. The molecule has 0 aromatic heterocycles. The molecule has 1 aromatic rings. The Bertz CT molecular complexity index is 568. The monoisotopic (exact) mass is 323 g/mol. The highest BCUT2D eigenvalue weighted by atomic mass is 16.5. The number of carboxylic acids is 1. The van der Waals surface area contributed by atoms with Gasteiger partial charge in [0.2, 0.25) is 5.91 Å². The maximum absolute atomic E-state index is 12.8. The van der Waals surface area contributed by atoms with E-state index in [1.165, 1.54) is 0 Å². The van der Waals surface area contributed by atoms with Crippen molar-refractivity contribution >= 4 is 11.9 Å². The number of aliphatic carboxylic acids is 1. The molecule has 6 nitrogen and oxygen atoms in total. The fourth-order valence-electron chi connectivity index (χ4n) is 2.38. The number of carboxylic acid groups (broad SMARTS) is 1. The second-order valence-electron chi connectivity index (χ2n) is 5.72. The molecule has 0 aliphatic carbocycles. The minimum atomic E-state index is -0.917. The predicted molar refractivity (Wildman–Crippen MR) is 87.1 cm³/mol. The first-order valence-electron chi connectivity index (χ1n) is 7.51. The minimum Gasteiger partial charge on any atom is -0.493 e. The lowest BCUT2D eigenvalue weighted by atomic mass is 9.83. The van der Waals surface area contributed by atoms with Gasteiger partial charge in [-0.3, -0.25) is 9.59 Å². The van der Waals surface area contributed by atoms with Gasteiger partial charge in [0.25, 0.3) is 0 Å². The van der Waals surface area contributed by atoms with Gasteiger partial charge < -0.3 is 19.5 Å². The number of amides is 1. The second-order valence-corrected chi connectivity index (χ2v) is 5.72. The first-order valence-corrected chi connectivity index (χ1v) is 7.51. The fraction of sp³-hybridized carbons (Fsp3) is 0.529. The van der Waals surface area contributed by atoms with Crippen LogP contribution in [0.5, 0.6) is 11.5 Å². The van der Waals surface area contributed by atoms with E-state index in [9.17, 15) is 9.59 Å². The molecule has 0 radical (unpaired) electrons. The highest BCUT2D eigenvalue weighted by Crippen LogP contribution is 2.34. The maximum atomic E-state index is 12.8. The van der Waals surface area contributed by atoms with Crippen LogP contribution in [-0.4, -0.2) is 49.2 Å². The van der Waals surface area contributed by atoms with Crippen molar-refractivity contribution in [1.29, 1.82) is 0 Å². The van der Waals surface area contributed by atoms with Gasteiger partial charge in [-0.15, -0.1) is 0 Å². The molecule has 0 unspecified atom stereocenters. The second kappa shape index (κ2) is 7.85. The zero-order valence-electron chi connectivity index (χ0n) is 14.4. The first kappa shape index (κ1) is 18.8. The summed E-state index contributed by atoms with van der Waals surface area (Å²) in [6.07, 6.45) is -0.0679. The minimum absolute atomic E-state index is 0.0679. The first-order chi connectivity index (χ1) is 10.8. The molecule has 0 aliphatic heterocycles. The van der Waals surface area contributed by atoms with Crippen molar-refractivity contribution in [3.63, 3.8) is 0 Å². The molecule has 0 spiro atoms. The van der Waals surface area contributed by atoms with Crippen LogP contribution < -0.4 is 9.47 Å². The van der Waals surface area contributed by atoms with Crippen LogP contribution in [0.15, 0.2) is 18.2 Å². The molecule has 0 aliphatic rings. The van der Waals surface area contributed by atoms with Gasteiger partial charge in [0.15, 0.2) is 11.5 Å². The molecule has 1 aromatic carbocycles. The summed E-state index contributed by atoms with van der Waals surface area (Å²) in [4.78, 5) is 25.1. The maximum Gasteiger partial charge on any atom is 0.305 e. The van der Waals surface area contributed by atoms with E-state index < -0.39 is 11.4 Å². The molecule has 1 amide bonds. The number of hydrogen-bond acceptors (Lipinski definition) is 4. The summed E-state index contributed by atoms with van der Waals surface area (Å²) < 4.78 is 10.5. The number of nitrogens with zero attached hydrogens (tertiary/aromatic N) is 1. The third-order valence-electron chi connectivity index (χ3n) is 3.90. The van der Waals surface area contributed by atoms with Crippen LogP contribution in [0.25, 0.3) is 0 Å². The van der Waals surface area contributed by atoms with Gasteiger partial charge in [0.1, 0.15) is 0 Å². The number of ether oxygens (including phenoxy) is 2. The van der Waals surface area contributed by atoms with E-state index in [-0.39, 0.29) is 18.9 Å². The Balaban J connectivity index is 3.08. The van der Waals surface area contributed by atoms with E-state index in [0.717, 1.165) is 5.56 Å². The number of benzene rings is 1. The van der Waals surface area contributed by atoms with Crippen LogP contribution in [0.4, 0.5) is 0 Å². The zero-order chi connectivity index (χ0) is 17.6. The quantitative estimate of drug-likeness (QED) is 0.794. The van der Waals surface area contributed by atoms with Crippen LogP contribution in [0.2, 0.25) is 0 Å². The summed E-state index contributed by atoms with van der Waals surface area (Å²) in [7, 11) is 3.10. The molecule has 0 fully saturated rings. The molecule has 0 heterocycles. The lowest BCUT2D eigenvalue weighted by Gasteiger charge is -2.31. The molecule has 0 atom stereocenters. The van der Waals surface area contributed by atoms with Gasteiger partial charge >= 0.3 is 5.97 Å². The molecule has 1 rings (SSSR count). The lowest BCUT2D eigenvalue weighted by Crippen LogP contribution is -2.44. The smallest absolute Gasteiger partial charge is 0.305 e. The Hall–Kier alpha value is -2.24. The average Bonchev–Trinajstić information content (AvgIpc) is 2.54. The van der Waals surface area contributed by atoms with Gasteiger partial charge in [0.05, 0.1) is 26.1 Å². The lowest BCUT2D eigenvalue weighted by molar-refractivity contribution is -0.140. The van der Waals surface area contributed by atoms with Crippen molar-refractivity contribution in [3.8, 4) is 11.5 Å². The van der Waals surface area contributed by atoms with Gasteiger partial charge in [0, 0.05) is 13.1 Å². The van der Waals surface area contributed by atoms with E-state index in [0.29, 0.717) is 18.0 Å². The molecule has 6 heteroatoms. The van der Waals surface area contributed by atoms with E-state index in [1.54, 1.807) is 31.3 Å². The summed E-state index contributed by atoms with van der Waals surface area (Å²) >= 11 is 0. The van der Waals surface area contributed by atoms with E-state index in [4.69, 9.17) is 14.6 Å². The molecule has 0 saturated heterocycles. The Labute approximate surface area is 137 Å². The summed E-state index contributed by atoms with van der Waals surface area (Å²) in [5.41, 5.74) is -0.0115. The van der Waals surface area contributed by atoms with Gasteiger partial charge in [-0.2, -0.15) is 0 Å². The topological polar surface area (TPSA) is 76.1 Å². The molecule has 23 heavy (non-hydrogen) atoms. The molecular formula is C17H25NO5. The Morgan fingerprint density at radius 2 is 1.78 bits per heavy atom. The van der Waals surface area contributed by atoms with Crippen molar-refractivity contribution in [2.24, 2.45) is 0 Å². The van der Waals surface area contributed by atoms with Crippen molar-refractivity contribution in [1.82, 2.24) is 4.90 Å². The molecular weight excluding hydrogens is 298 g/mol. The van der Waals surface area contributed by atoms with Crippen LogP contribution >= 0.6 is 0 Å². The fourth-order valence-corrected chi connectivity index (χ4v) is 2.38. The molecule has 128 valence electrons. The predicted octanol–water partition coefficient (Wildman–Crippen LogP) is 2.30. The Morgan fingerprint density at radius 1 is 1.17 bits per heavy atom. The van der Waals surface area contributed by atoms with Crippen molar-refractivity contribution in [2.45, 2.75) is 32.6 Å². The van der Waals surface area contributed by atoms with Crippen LogP contribution in [0, 0.1) is 0 Å². The summed E-state index contributed by atoms with van der Waals surface area (Å²) in [5, 5.41) is 8.82. The largest absolute Gasteiger partial charge is 0.493 e. The highest BCUT2D eigenvalue weighted by molar-refractivity contribution is 5.88. The Kier molecular flexibility index (Phi) is 6.42. The van der Waals surface area contributed by atoms with E-state index in [2.05, 4.69) is 0 Å². The normalized spacial score (nSPS) is 11.0. The molecule has 0 saturated carbocycles. The zero-order valence-corrected chi connectivity index (χ0v) is 14.4. The van der Waals surface area contributed by atoms with Gasteiger partial charge in [-0.05, 0) is 38.5 Å². The Morgan fingerprint density at radius 3 is 2.26 bits per heavy atom. The van der Waals surface area contributed by atoms with E-state index >= 15 is 0 Å². The summed E-state index contributed by atoms with van der Waals surface area (Å²) in [6.45, 7) is 6.13. The van der Waals surface area contributed by atoms with E-state index in [1.807, 2.05) is 26.8 Å². The SMILES string of the molecule is CCN(CCC(=O)O)C(=O)C(C)(C)c1ccc(OC)c(OC)c1.